The number of hydrogen-bond donors (Lipinski definition) is 1. The highest BCUT2D eigenvalue weighted by atomic mass is 35.5. The maximum Gasteiger partial charge on any atom is 0.0654 e. The average Bonchev–Trinajstić information content (AvgIpc) is 2.37. The third-order valence-electron chi connectivity index (χ3n) is 4.57. The van der Waals surface area contributed by atoms with Crippen LogP contribution in [0.5, 0.6) is 0 Å². The zero-order chi connectivity index (χ0) is 13.4. The van der Waals surface area contributed by atoms with Crippen LogP contribution in [-0.4, -0.2) is 25.2 Å². The molecule has 2 saturated heterocycles. The largest absolute Gasteiger partial charge is 0.364 e. The van der Waals surface area contributed by atoms with Crippen LogP contribution >= 0.6 is 23.2 Å². The van der Waals surface area contributed by atoms with Gasteiger partial charge >= 0.3 is 0 Å². The number of benzene rings is 1. The zero-order valence-corrected chi connectivity index (χ0v) is 12.7. The van der Waals surface area contributed by atoms with Crippen molar-refractivity contribution in [3.8, 4) is 0 Å². The molecule has 2 atom stereocenters. The standard InChI is InChI=1S/C15H20Cl2N2/c1-18-11-8-12-3-2-4-13(9-11)19(12)15-6-5-10(16)7-14(15)17/h5-7,11-13,18H,2-4,8-9H2,1H3. The lowest BCUT2D eigenvalue weighted by atomic mass is 9.81. The van der Waals surface area contributed by atoms with Gasteiger partial charge in [0, 0.05) is 23.1 Å². The smallest absolute Gasteiger partial charge is 0.0654 e. The Morgan fingerprint density at radius 2 is 1.84 bits per heavy atom. The highest BCUT2D eigenvalue weighted by Crippen LogP contribution is 2.41. The van der Waals surface area contributed by atoms with Crippen molar-refractivity contribution in [3.05, 3.63) is 28.2 Å². The van der Waals surface area contributed by atoms with E-state index in [0.717, 1.165) is 10.7 Å². The maximum absolute atomic E-state index is 6.40. The predicted molar refractivity (Wildman–Crippen MR) is 82.4 cm³/mol. The molecule has 1 aromatic rings. The van der Waals surface area contributed by atoms with Gasteiger partial charge in [0.05, 0.1) is 10.7 Å². The van der Waals surface area contributed by atoms with Gasteiger partial charge in [0.25, 0.3) is 0 Å². The Hall–Kier alpha value is -0.440. The van der Waals surface area contributed by atoms with E-state index in [2.05, 4.69) is 23.3 Å². The first-order chi connectivity index (χ1) is 9.19. The minimum Gasteiger partial charge on any atom is -0.364 e. The van der Waals surface area contributed by atoms with E-state index in [1.54, 1.807) is 0 Å². The van der Waals surface area contributed by atoms with Crippen LogP contribution in [0.1, 0.15) is 32.1 Å². The molecule has 2 heterocycles. The second kappa shape index (κ2) is 5.51. The summed E-state index contributed by atoms with van der Waals surface area (Å²) < 4.78 is 0. The van der Waals surface area contributed by atoms with Gasteiger partial charge in [-0.15, -0.1) is 0 Å². The summed E-state index contributed by atoms with van der Waals surface area (Å²) in [7, 11) is 2.07. The second-order valence-corrected chi connectivity index (χ2v) is 6.54. The molecule has 0 amide bonds. The molecule has 104 valence electrons. The van der Waals surface area contributed by atoms with Crippen LogP contribution in [-0.2, 0) is 0 Å². The Morgan fingerprint density at radius 3 is 2.42 bits per heavy atom. The fourth-order valence-corrected chi connectivity index (χ4v) is 4.21. The SMILES string of the molecule is CNC1CC2CCCC(C1)N2c1ccc(Cl)cc1Cl. The van der Waals surface area contributed by atoms with Crippen LogP contribution in [0.3, 0.4) is 0 Å². The molecule has 2 aliphatic heterocycles. The van der Waals surface area contributed by atoms with Gasteiger partial charge < -0.3 is 10.2 Å². The van der Waals surface area contributed by atoms with Crippen molar-refractivity contribution in [2.75, 3.05) is 11.9 Å². The highest BCUT2D eigenvalue weighted by Gasteiger charge is 2.38. The van der Waals surface area contributed by atoms with E-state index < -0.39 is 0 Å². The first-order valence-electron chi connectivity index (χ1n) is 7.09. The van der Waals surface area contributed by atoms with Crippen molar-refractivity contribution in [2.45, 2.75) is 50.2 Å². The van der Waals surface area contributed by atoms with Gasteiger partial charge in [-0.05, 0) is 57.4 Å². The molecule has 1 aromatic carbocycles. The quantitative estimate of drug-likeness (QED) is 0.884. The zero-order valence-electron chi connectivity index (χ0n) is 11.2. The summed E-state index contributed by atoms with van der Waals surface area (Å²) in [6.45, 7) is 0. The van der Waals surface area contributed by atoms with Crippen LogP contribution in [0.2, 0.25) is 10.0 Å². The molecule has 0 saturated carbocycles. The molecule has 4 heteroatoms. The Kier molecular flexibility index (Phi) is 3.93. The number of halogens is 2. The van der Waals surface area contributed by atoms with E-state index in [-0.39, 0.29) is 0 Å². The van der Waals surface area contributed by atoms with Gasteiger partial charge in [-0.2, -0.15) is 0 Å². The van der Waals surface area contributed by atoms with Gasteiger partial charge in [-0.3, -0.25) is 0 Å². The fourth-order valence-electron chi connectivity index (χ4n) is 3.70. The first kappa shape index (κ1) is 13.5. The molecule has 0 spiro atoms. The summed E-state index contributed by atoms with van der Waals surface area (Å²) in [6.07, 6.45) is 6.31. The number of piperidine rings is 2. The minimum atomic E-state index is 0.614. The maximum atomic E-state index is 6.40. The van der Waals surface area contributed by atoms with Gasteiger partial charge in [-0.25, -0.2) is 0 Å². The third-order valence-corrected chi connectivity index (χ3v) is 5.11. The number of rotatable bonds is 2. The van der Waals surface area contributed by atoms with Crippen molar-refractivity contribution >= 4 is 28.9 Å². The number of anilines is 1. The van der Waals surface area contributed by atoms with E-state index in [1.807, 2.05) is 12.1 Å². The highest BCUT2D eigenvalue weighted by molar-refractivity contribution is 6.36. The van der Waals surface area contributed by atoms with Gasteiger partial charge in [0.2, 0.25) is 0 Å². The molecular formula is C15H20Cl2N2. The molecule has 2 aliphatic rings. The Bertz CT molecular complexity index is 449. The molecule has 19 heavy (non-hydrogen) atoms. The van der Waals surface area contributed by atoms with Crippen molar-refractivity contribution in [1.82, 2.24) is 5.32 Å². The van der Waals surface area contributed by atoms with Gasteiger partial charge in [0.1, 0.15) is 0 Å². The van der Waals surface area contributed by atoms with Gasteiger partial charge in [0.15, 0.2) is 0 Å². The van der Waals surface area contributed by atoms with Crippen molar-refractivity contribution in [2.24, 2.45) is 0 Å². The number of hydrogen-bond acceptors (Lipinski definition) is 2. The molecular weight excluding hydrogens is 279 g/mol. The summed E-state index contributed by atoms with van der Waals surface area (Å²) >= 11 is 12.4. The van der Waals surface area contributed by atoms with Crippen LogP contribution in [0.4, 0.5) is 5.69 Å². The molecule has 2 fully saturated rings. The summed E-state index contributed by atoms with van der Waals surface area (Å²) in [4.78, 5) is 2.55. The molecule has 1 N–H and O–H groups in total. The minimum absolute atomic E-state index is 0.614. The van der Waals surface area contributed by atoms with Crippen LogP contribution < -0.4 is 10.2 Å². The van der Waals surface area contributed by atoms with E-state index in [4.69, 9.17) is 23.2 Å². The Morgan fingerprint density at radius 1 is 1.16 bits per heavy atom. The summed E-state index contributed by atoms with van der Waals surface area (Å²) in [5, 5.41) is 4.94. The van der Waals surface area contributed by atoms with E-state index >= 15 is 0 Å². The van der Waals surface area contributed by atoms with Crippen molar-refractivity contribution in [3.63, 3.8) is 0 Å². The second-order valence-electron chi connectivity index (χ2n) is 5.70. The van der Waals surface area contributed by atoms with E-state index in [1.165, 1.54) is 32.1 Å². The molecule has 2 unspecified atom stereocenters. The number of nitrogens with zero attached hydrogens (tertiary/aromatic N) is 1. The van der Waals surface area contributed by atoms with Crippen LogP contribution in [0.25, 0.3) is 0 Å². The molecule has 0 aliphatic carbocycles. The lowest BCUT2D eigenvalue weighted by Gasteiger charge is -2.50. The first-order valence-corrected chi connectivity index (χ1v) is 7.85. The lowest BCUT2D eigenvalue weighted by Crippen LogP contribution is -2.56. The normalized spacial score (nSPS) is 30.5. The average molecular weight is 299 g/mol. The Labute approximate surface area is 125 Å². The predicted octanol–water partition coefficient (Wildman–Crippen LogP) is 4.10. The molecule has 3 rings (SSSR count). The summed E-state index contributed by atoms with van der Waals surface area (Å²) in [6, 6.07) is 7.77. The number of nitrogens with one attached hydrogen (secondary N) is 1. The van der Waals surface area contributed by atoms with Crippen LogP contribution in [0.15, 0.2) is 18.2 Å². The monoisotopic (exact) mass is 298 g/mol. The van der Waals surface area contributed by atoms with Crippen molar-refractivity contribution < 1.29 is 0 Å². The summed E-state index contributed by atoms with van der Waals surface area (Å²) in [5.74, 6) is 0. The lowest BCUT2D eigenvalue weighted by molar-refractivity contribution is 0.252. The third kappa shape index (κ3) is 2.58. The molecule has 2 bridgehead atoms. The number of fused-ring (bicyclic) bond motifs is 2. The Balaban J connectivity index is 1.91. The molecule has 0 radical (unpaired) electrons. The van der Waals surface area contributed by atoms with Crippen LogP contribution in [0, 0.1) is 0 Å². The van der Waals surface area contributed by atoms with Gasteiger partial charge in [-0.1, -0.05) is 23.2 Å². The van der Waals surface area contributed by atoms with E-state index in [9.17, 15) is 0 Å². The molecule has 2 nitrogen and oxygen atoms in total. The summed E-state index contributed by atoms with van der Waals surface area (Å²) in [5.41, 5.74) is 1.16. The van der Waals surface area contributed by atoms with Crippen molar-refractivity contribution in [1.29, 1.82) is 0 Å². The topological polar surface area (TPSA) is 15.3 Å². The molecule has 0 aromatic heterocycles. The van der Waals surface area contributed by atoms with E-state index in [0.29, 0.717) is 23.1 Å². The fraction of sp³-hybridized carbons (Fsp3) is 0.600.